The molecule has 4 nitrogen and oxygen atoms in total. The van der Waals surface area contributed by atoms with Gasteiger partial charge in [0, 0.05) is 32.9 Å². The van der Waals surface area contributed by atoms with Crippen molar-refractivity contribution in [2.75, 3.05) is 14.1 Å². The number of nitrogens with one attached hydrogen (secondary N) is 2. The Morgan fingerprint density at radius 2 is 2.27 bits per heavy atom. The van der Waals surface area contributed by atoms with Crippen molar-refractivity contribution in [1.29, 1.82) is 0 Å². The highest BCUT2D eigenvalue weighted by atomic mass is 16.2. The lowest BCUT2D eigenvalue weighted by Gasteiger charge is -2.11. The number of carbonyl (C=O) groups excluding carboxylic acids is 1. The van der Waals surface area contributed by atoms with E-state index in [4.69, 9.17) is 0 Å². The van der Waals surface area contributed by atoms with Crippen molar-refractivity contribution in [1.82, 2.24) is 15.4 Å². The zero-order valence-electron chi connectivity index (χ0n) is 9.42. The van der Waals surface area contributed by atoms with Gasteiger partial charge >= 0.3 is 0 Å². The van der Waals surface area contributed by atoms with E-state index in [9.17, 15) is 4.79 Å². The van der Waals surface area contributed by atoms with Crippen LogP contribution < -0.4 is 5.43 Å². The largest absolute Gasteiger partial charge is 0.367 e. The highest BCUT2D eigenvalue weighted by Crippen LogP contribution is 2.05. The van der Waals surface area contributed by atoms with Gasteiger partial charge in [0.05, 0.1) is 0 Å². The topological polar surface area (TPSA) is 48.1 Å². The second-order valence-corrected chi connectivity index (χ2v) is 3.86. The summed E-state index contributed by atoms with van der Waals surface area (Å²) >= 11 is 0. The van der Waals surface area contributed by atoms with Gasteiger partial charge in [0.25, 0.3) is 0 Å². The van der Waals surface area contributed by atoms with Crippen molar-refractivity contribution in [2.45, 2.75) is 25.7 Å². The predicted octanol–water partition coefficient (Wildman–Crippen LogP) is 1.32. The molecule has 1 heterocycles. The summed E-state index contributed by atoms with van der Waals surface area (Å²) in [6, 6.07) is 2.07. The molecule has 0 bridgehead atoms. The third kappa shape index (κ3) is 5.22. The van der Waals surface area contributed by atoms with E-state index in [2.05, 4.69) is 16.5 Å². The molecule has 4 heteroatoms. The molecule has 0 fully saturated rings. The zero-order chi connectivity index (χ0) is 11.1. The molecule has 15 heavy (non-hydrogen) atoms. The van der Waals surface area contributed by atoms with Crippen LogP contribution in [0.1, 0.15) is 24.8 Å². The fourth-order valence-corrected chi connectivity index (χ4v) is 1.43. The summed E-state index contributed by atoms with van der Waals surface area (Å²) in [4.78, 5) is 14.3. The number of aromatic amines is 1. The number of aromatic nitrogens is 1. The number of hydrazine groups is 1. The Hall–Kier alpha value is -1.29. The zero-order valence-corrected chi connectivity index (χ0v) is 9.42. The predicted molar refractivity (Wildman–Crippen MR) is 60.2 cm³/mol. The highest BCUT2D eigenvalue weighted by molar-refractivity contribution is 5.75. The van der Waals surface area contributed by atoms with Crippen LogP contribution in [0.3, 0.4) is 0 Å². The van der Waals surface area contributed by atoms with Gasteiger partial charge in [-0.1, -0.05) is 0 Å². The maximum Gasteiger partial charge on any atom is 0.234 e. The molecule has 1 amide bonds. The Kier molecular flexibility index (Phi) is 4.90. The molecule has 0 radical (unpaired) electrons. The molecule has 0 spiro atoms. The van der Waals surface area contributed by atoms with Crippen molar-refractivity contribution in [3.05, 3.63) is 24.0 Å². The van der Waals surface area contributed by atoms with E-state index in [1.807, 2.05) is 26.5 Å². The summed E-state index contributed by atoms with van der Waals surface area (Å²) in [6.45, 7) is 0. The van der Waals surface area contributed by atoms with Gasteiger partial charge in [-0.2, -0.15) is 0 Å². The number of H-pyrrole nitrogens is 1. The number of carbonyl (C=O) groups is 1. The van der Waals surface area contributed by atoms with Crippen molar-refractivity contribution >= 4 is 5.91 Å². The second-order valence-electron chi connectivity index (χ2n) is 3.86. The lowest BCUT2D eigenvalue weighted by molar-refractivity contribution is -0.124. The smallest absolute Gasteiger partial charge is 0.234 e. The molecule has 0 aliphatic rings. The molecule has 0 saturated heterocycles. The first-order valence-corrected chi connectivity index (χ1v) is 5.27. The normalized spacial score (nSPS) is 10.6. The minimum Gasteiger partial charge on any atom is -0.367 e. The maximum absolute atomic E-state index is 11.3. The van der Waals surface area contributed by atoms with E-state index >= 15 is 0 Å². The molecule has 1 aromatic heterocycles. The molecule has 2 N–H and O–H groups in total. The van der Waals surface area contributed by atoms with Gasteiger partial charge in [-0.25, -0.2) is 5.01 Å². The van der Waals surface area contributed by atoms with E-state index in [1.165, 1.54) is 5.56 Å². The fraction of sp³-hybridized carbons (Fsp3) is 0.545. The second kappa shape index (κ2) is 6.24. The average molecular weight is 209 g/mol. The number of hydrogen-bond acceptors (Lipinski definition) is 2. The molecule has 0 unspecified atom stereocenters. The lowest BCUT2D eigenvalue weighted by Crippen LogP contribution is -2.35. The number of hydrogen-bond donors (Lipinski definition) is 2. The third-order valence-electron chi connectivity index (χ3n) is 2.13. The van der Waals surface area contributed by atoms with Crippen LogP contribution in [0.15, 0.2) is 18.5 Å². The van der Waals surface area contributed by atoms with Crippen molar-refractivity contribution in [2.24, 2.45) is 0 Å². The van der Waals surface area contributed by atoms with E-state index in [0.29, 0.717) is 6.42 Å². The maximum atomic E-state index is 11.3. The minimum absolute atomic E-state index is 0.0917. The van der Waals surface area contributed by atoms with Gasteiger partial charge in [-0.3, -0.25) is 10.2 Å². The quantitative estimate of drug-likeness (QED) is 0.548. The van der Waals surface area contributed by atoms with Gasteiger partial charge < -0.3 is 4.98 Å². The van der Waals surface area contributed by atoms with Crippen LogP contribution in [0, 0.1) is 0 Å². The summed E-state index contributed by atoms with van der Waals surface area (Å²) in [5, 5.41) is 1.68. The molecule has 1 aromatic rings. The molecule has 0 aliphatic heterocycles. The highest BCUT2D eigenvalue weighted by Gasteiger charge is 2.01. The first kappa shape index (κ1) is 11.8. The number of nitrogens with zero attached hydrogens (tertiary/aromatic N) is 1. The van der Waals surface area contributed by atoms with Crippen molar-refractivity contribution in [3.63, 3.8) is 0 Å². The van der Waals surface area contributed by atoms with Gasteiger partial charge in [-0.05, 0) is 30.9 Å². The standard InChI is InChI=1S/C11H19N3O/c1-14(2)13-11(15)6-4-3-5-10-7-8-12-9-10/h7-9,12H,3-6H2,1-2H3,(H,13,15). The average Bonchev–Trinajstić information content (AvgIpc) is 2.63. The number of unbranched alkanes of at least 4 members (excludes halogenated alkanes) is 1. The molecule has 0 atom stereocenters. The Morgan fingerprint density at radius 3 is 2.87 bits per heavy atom. The van der Waals surface area contributed by atoms with Gasteiger partial charge in [0.1, 0.15) is 0 Å². The molecule has 0 aromatic carbocycles. The first-order valence-electron chi connectivity index (χ1n) is 5.27. The number of aryl methyl sites for hydroxylation is 1. The van der Waals surface area contributed by atoms with Gasteiger partial charge in [0.15, 0.2) is 0 Å². The fourth-order valence-electron chi connectivity index (χ4n) is 1.43. The summed E-state index contributed by atoms with van der Waals surface area (Å²) < 4.78 is 0. The molecule has 0 aliphatic carbocycles. The monoisotopic (exact) mass is 209 g/mol. The van der Waals surface area contributed by atoms with Crippen LogP contribution in [0.25, 0.3) is 0 Å². The van der Waals surface area contributed by atoms with Crippen LogP contribution in [-0.4, -0.2) is 30.0 Å². The Balaban J connectivity index is 2.04. The number of amides is 1. The summed E-state index contributed by atoms with van der Waals surface area (Å²) in [6.07, 6.45) is 7.55. The van der Waals surface area contributed by atoms with Crippen LogP contribution in [-0.2, 0) is 11.2 Å². The van der Waals surface area contributed by atoms with E-state index in [1.54, 1.807) is 5.01 Å². The van der Waals surface area contributed by atoms with E-state index in [-0.39, 0.29) is 5.91 Å². The molecule has 84 valence electrons. The Bertz CT molecular complexity index is 280. The van der Waals surface area contributed by atoms with Crippen molar-refractivity contribution in [3.8, 4) is 0 Å². The van der Waals surface area contributed by atoms with E-state index in [0.717, 1.165) is 19.3 Å². The number of rotatable bonds is 6. The van der Waals surface area contributed by atoms with Crippen LogP contribution in [0.4, 0.5) is 0 Å². The van der Waals surface area contributed by atoms with Gasteiger partial charge in [0.2, 0.25) is 5.91 Å². The van der Waals surface area contributed by atoms with Crippen LogP contribution in [0.2, 0.25) is 0 Å². The SMILES string of the molecule is CN(C)NC(=O)CCCCc1cc[nH]c1. The summed E-state index contributed by atoms with van der Waals surface area (Å²) in [7, 11) is 3.63. The Labute approximate surface area is 90.6 Å². The summed E-state index contributed by atoms with van der Waals surface area (Å²) in [5.74, 6) is 0.0917. The molecule has 0 saturated carbocycles. The Morgan fingerprint density at radius 1 is 1.47 bits per heavy atom. The minimum atomic E-state index is 0.0917. The van der Waals surface area contributed by atoms with Crippen molar-refractivity contribution < 1.29 is 4.79 Å². The van der Waals surface area contributed by atoms with E-state index < -0.39 is 0 Å². The van der Waals surface area contributed by atoms with Crippen LogP contribution >= 0.6 is 0 Å². The molecular formula is C11H19N3O. The summed E-state index contributed by atoms with van der Waals surface area (Å²) in [5.41, 5.74) is 4.03. The van der Waals surface area contributed by atoms with Crippen LogP contribution in [0.5, 0.6) is 0 Å². The third-order valence-corrected chi connectivity index (χ3v) is 2.13. The first-order chi connectivity index (χ1) is 7.18. The lowest BCUT2D eigenvalue weighted by atomic mass is 10.1. The molecule has 1 rings (SSSR count). The van der Waals surface area contributed by atoms with Gasteiger partial charge in [-0.15, -0.1) is 0 Å². The molecular weight excluding hydrogens is 190 g/mol.